The predicted molar refractivity (Wildman–Crippen MR) is 137 cm³/mol. The molecule has 0 unspecified atom stereocenters. The maximum absolute atomic E-state index is 13.9. The number of hydrogen-bond acceptors (Lipinski definition) is 7. The standard InChI is InChI=1S/C29H25F3O7/c1-28(2,3)17-7-9-18(10-8-17)37-25-24(33)20-12-11-19(15-22(20)39-26(25)29(30,31)32)38-27(34)16-6-13-21(35-4)23(14-16)36-5/h6-15H,1-5H3. The van der Waals surface area contributed by atoms with Crippen molar-refractivity contribution >= 4 is 16.9 Å². The van der Waals surface area contributed by atoms with Gasteiger partial charge in [0.2, 0.25) is 11.2 Å². The van der Waals surface area contributed by atoms with Crippen molar-refractivity contribution in [3.63, 3.8) is 0 Å². The van der Waals surface area contributed by atoms with E-state index in [1.54, 1.807) is 12.1 Å². The summed E-state index contributed by atoms with van der Waals surface area (Å²) in [5.41, 5.74) is -0.599. The number of hydrogen-bond donors (Lipinski definition) is 0. The van der Waals surface area contributed by atoms with Gasteiger partial charge in [-0.15, -0.1) is 0 Å². The molecule has 0 amide bonds. The lowest BCUT2D eigenvalue weighted by Gasteiger charge is -2.19. The average molecular weight is 543 g/mol. The summed E-state index contributed by atoms with van der Waals surface area (Å²) in [5.74, 6) is -2.83. The Morgan fingerprint density at radius 2 is 1.46 bits per heavy atom. The van der Waals surface area contributed by atoms with Gasteiger partial charge in [-0.05, 0) is 53.4 Å². The Balaban J connectivity index is 1.69. The van der Waals surface area contributed by atoms with E-state index in [1.807, 2.05) is 20.8 Å². The van der Waals surface area contributed by atoms with Crippen molar-refractivity contribution in [1.82, 2.24) is 0 Å². The highest BCUT2D eigenvalue weighted by atomic mass is 19.4. The highest BCUT2D eigenvalue weighted by Crippen LogP contribution is 2.39. The Kier molecular flexibility index (Phi) is 7.32. The molecule has 7 nitrogen and oxygen atoms in total. The molecule has 4 aromatic rings. The molecule has 0 saturated carbocycles. The lowest BCUT2D eigenvalue weighted by molar-refractivity contribution is -0.154. The van der Waals surface area contributed by atoms with Crippen LogP contribution in [-0.2, 0) is 11.6 Å². The van der Waals surface area contributed by atoms with Crippen LogP contribution < -0.4 is 24.4 Å². The van der Waals surface area contributed by atoms with Gasteiger partial charge in [-0.1, -0.05) is 32.9 Å². The van der Waals surface area contributed by atoms with Gasteiger partial charge >= 0.3 is 12.1 Å². The molecular weight excluding hydrogens is 517 g/mol. The van der Waals surface area contributed by atoms with Gasteiger partial charge in [0.15, 0.2) is 11.5 Å². The summed E-state index contributed by atoms with van der Waals surface area (Å²) in [6.07, 6.45) is -5.04. The predicted octanol–water partition coefficient (Wildman–Crippen LogP) is 7.14. The molecule has 1 aromatic heterocycles. The summed E-state index contributed by atoms with van der Waals surface area (Å²) in [7, 11) is 2.84. The van der Waals surface area contributed by atoms with Gasteiger partial charge in [-0.3, -0.25) is 4.79 Å². The normalized spacial score (nSPS) is 11.8. The summed E-state index contributed by atoms with van der Waals surface area (Å²) < 4.78 is 67.9. The highest BCUT2D eigenvalue weighted by Gasteiger charge is 2.40. The number of benzene rings is 3. The van der Waals surface area contributed by atoms with Crippen LogP contribution in [-0.4, -0.2) is 20.2 Å². The minimum absolute atomic E-state index is 0.0422. The molecule has 39 heavy (non-hydrogen) atoms. The number of alkyl halides is 3. The van der Waals surface area contributed by atoms with Crippen LogP contribution in [0.2, 0.25) is 0 Å². The molecule has 3 aromatic carbocycles. The Bertz CT molecular complexity index is 1580. The molecule has 0 fully saturated rings. The maximum Gasteiger partial charge on any atom is 0.453 e. The zero-order valence-electron chi connectivity index (χ0n) is 21.8. The minimum Gasteiger partial charge on any atom is -0.493 e. The fraction of sp³-hybridized carbons (Fsp3) is 0.241. The Labute approximate surface area is 221 Å². The second kappa shape index (κ2) is 10.4. The van der Waals surface area contributed by atoms with Gasteiger partial charge < -0.3 is 23.4 Å². The second-order valence-electron chi connectivity index (χ2n) is 9.58. The summed E-state index contributed by atoms with van der Waals surface area (Å²) in [4.78, 5) is 25.7. The Morgan fingerprint density at radius 1 is 0.821 bits per heavy atom. The Morgan fingerprint density at radius 3 is 2.05 bits per heavy atom. The topological polar surface area (TPSA) is 84.2 Å². The van der Waals surface area contributed by atoms with Crippen molar-refractivity contribution in [2.45, 2.75) is 32.4 Å². The van der Waals surface area contributed by atoms with Crippen LogP contribution in [0.25, 0.3) is 11.0 Å². The van der Waals surface area contributed by atoms with Crippen molar-refractivity contribution in [3.8, 4) is 28.7 Å². The zero-order chi connectivity index (χ0) is 28.5. The summed E-state index contributed by atoms with van der Waals surface area (Å²) >= 11 is 0. The third-order valence-corrected chi connectivity index (χ3v) is 5.85. The lowest BCUT2D eigenvalue weighted by Crippen LogP contribution is -2.16. The van der Waals surface area contributed by atoms with E-state index in [0.717, 1.165) is 11.6 Å². The van der Waals surface area contributed by atoms with Crippen LogP contribution in [0.1, 0.15) is 42.5 Å². The van der Waals surface area contributed by atoms with Crippen LogP contribution in [0, 0.1) is 0 Å². The van der Waals surface area contributed by atoms with Crippen LogP contribution in [0.5, 0.6) is 28.7 Å². The molecule has 10 heteroatoms. The molecule has 1 heterocycles. The summed E-state index contributed by atoms with van der Waals surface area (Å²) in [6.45, 7) is 5.96. The first kappa shape index (κ1) is 27.6. The van der Waals surface area contributed by atoms with Gasteiger partial charge in [-0.2, -0.15) is 13.2 Å². The average Bonchev–Trinajstić information content (AvgIpc) is 2.88. The van der Waals surface area contributed by atoms with Crippen molar-refractivity contribution in [2.75, 3.05) is 14.2 Å². The summed E-state index contributed by atoms with van der Waals surface area (Å²) in [5, 5.41) is -0.185. The van der Waals surface area contributed by atoms with E-state index in [2.05, 4.69) is 0 Å². The highest BCUT2D eigenvalue weighted by molar-refractivity contribution is 5.92. The number of methoxy groups -OCH3 is 2. The number of carbonyl (C=O) groups excluding carboxylic acids is 1. The third kappa shape index (κ3) is 5.84. The molecule has 0 bridgehead atoms. The molecule has 0 saturated heterocycles. The van der Waals surface area contributed by atoms with Crippen molar-refractivity contribution in [1.29, 1.82) is 0 Å². The molecule has 0 aliphatic heterocycles. The fourth-order valence-corrected chi connectivity index (χ4v) is 3.77. The van der Waals surface area contributed by atoms with E-state index in [0.29, 0.717) is 5.75 Å². The number of fused-ring (bicyclic) bond motifs is 1. The van der Waals surface area contributed by atoms with E-state index in [-0.39, 0.29) is 33.6 Å². The largest absolute Gasteiger partial charge is 0.493 e. The van der Waals surface area contributed by atoms with Gasteiger partial charge in [-0.25, -0.2) is 4.79 Å². The van der Waals surface area contributed by atoms with Gasteiger partial charge in [0.05, 0.1) is 25.2 Å². The fourth-order valence-electron chi connectivity index (χ4n) is 3.77. The van der Waals surface area contributed by atoms with Gasteiger partial charge in [0, 0.05) is 6.07 Å². The lowest BCUT2D eigenvalue weighted by atomic mass is 9.87. The number of esters is 1. The van der Waals surface area contributed by atoms with E-state index in [1.165, 1.54) is 56.7 Å². The smallest absolute Gasteiger partial charge is 0.453 e. The van der Waals surface area contributed by atoms with Gasteiger partial charge in [0.25, 0.3) is 5.76 Å². The van der Waals surface area contributed by atoms with Crippen LogP contribution in [0.4, 0.5) is 13.2 Å². The first-order chi connectivity index (χ1) is 18.3. The molecule has 0 atom stereocenters. The molecule has 0 spiro atoms. The minimum atomic E-state index is -5.04. The molecule has 4 rings (SSSR count). The van der Waals surface area contributed by atoms with Gasteiger partial charge in [0.1, 0.15) is 17.1 Å². The molecule has 0 aliphatic carbocycles. The zero-order valence-corrected chi connectivity index (χ0v) is 21.8. The van der Waals surface area contributed by atoms with E-state index < -0.39 is 34.7 Å². The monoisotopic (exact) mass is 542 g/mol. The third-order valence-electron chi connectivity index (χ3n) is 5.85. The molecule has 0 N–H and O–H groups in total. The molecular formula is C29H25F3O7. The van der Waals surface area contributed by atoms with Crippen LogP contribution in [0.15, 0.2) is 69.9 Å². The first-order valence-electron chi connectivity index (χ1n) is 11.7. The molecule has 204 valence electrons. The van der Waals surface area contributed by atoms with Crippen molar-refractivity contribution in [3.05, 3.63) is 87.8 Å². The van der Waals surface area contributed by atoms with Crippen molar-refractivity contribution in [2.24, 2.45) is 0 Å². The number of halogens is 3. The Hall–Kier alpha value is -4.47. The quantitative estimate of drug-likeness (QED) is 0.189. The number of ether oxygens (including phenoxy) is 4. The first-order valence-corrected chi connectivity index (χ1v) is 11.7. The van der Waals surface area contributed by atoms with Crippen LogP contribution >= 0.6 is 0 Å². The molecule has 0 radical (unpaired) electrons. The second-order valence-corrected chi connectivity index (χ2v) is 9.58. The van der Waals surface area contributed by atoms with Crippen molar-refractivity contribution < 1.29 is 41.3 Å². The maximum atomic E-state index is 13.9. The van der Waals surface area contributed by atoms with E-state index >= 15 is 0 Å². The summed E-state index contributed by atoms with van der Waals surface area (Å²) in [6, 6.07) is 14.2. The SMILES string of the molecule is COc1ccc(C(=O)Oc2ccc3c(=O)c(Oc4ccc(C(C)(C)C)cc4)c(C(F)(F)F)oc3c2)cc1OC. The number of carbonyl (C=O) groups is 1. The van der Waals surface area contributed by atoms with E-state index in [4.69, 9.17) is 23.4 Å². The number of rotatable bonds is 6. The van der Waals surface area contributed by atoms with E-state index in [9.17, 15) is 22.8 Å². The molecule has 0 aliphatic rings. The van der Waals surface area contributed by atoms with Crippen LogP contribution in [0.3, 0.4) is 0 Å².